The molecule has 0 saturated carbocycles. The van der Waals surface area contributed by atoms with Crippen molar-refractivity contribution >= 4 is 6.03 Å². The first-order valence-corrected chi connectivity index (χ1v) is 8.42. The number of likely N-dealkylation sites (tertiary alicyclic amines) is 1. The number of nitrogens with one attached hydrogen (secondary N) is 1. The number of carbonyl (C=O) groups excluding carboxylic acids is 1. The molecule has 5 heteroatoms. The molecule has 0 aromatic heterocycles. The fourth-order valence-electron chi connectivity index (χ4n) is 3.05. The van der Waals surface area contributed by atoms with Crippen LogP contribution in [-0.2, 0) is 6.42 Å². The van der Waals surface area contributed by atoms with Crippen LogP contribution < -0.4 is 10.1 Å². The molecule has 0 aliphatic carbocycles. The van der Waals surface area contributed by atoms with Crippen molar-refractivity contribution in [2.45, 2.75) is 31.7 Å². The fourth-order valence-corrected chi connectivity index (χ4v) is 3.05. The van der Waals surface area contributed by atoms with Gasteiger partial charge in [-0.15, -0.1) is 0 Å². The summed E-state index contributed by atoms with van der Waals surface area (Å²) in [7, 11) is 5.91. The van der Waals surface area contributed by atoms with Gasteiger partial charge in [-0.3, -0.25) is 0 Å². The van der Waals surface area contributed by atoms with Gasteiger partial charge in [0.1, 0.15) is 5.75 Å². The maximum Gasteiger partial charge on any atom is 0.317 e. The summed E-state index contributed by atoms with van der Waals surface area (Å²) in [5.41, 5.74) is 1.17. The van der Waals surface area contributed by atoms with Crippen LogP contribution in [0.4, 0.5) is 4.79 Å². The number of urea groups is 1. The topological polar surface area (TPSA) is 44.8 Å². The van der Waals surface area contributed by atoms with Gasteiger partial charge in [-0.05, 0) is 57.5 Å². The van der Waals surface area contributed by atoms with E-state index in [2.05, 4.69) is 30.4 Å². The lowest BCUT2D eigenvalue weighted by Gasteiger charge is -2.23. The average Bonchev–Trinajstić information content (AvgIpc) is 2.81. The van der Waals surface area contributed by atoms with Gasteiger partial charge in [0.05, 0.1) is 7.11 Å². The Morgan fingerprint density at radius 2 is 2.17 bits per heavy atom. The second-order valence-electron chi connectivity index (χ2n) is 6.37. The Hall–Kier alpha value is -1.75. The molecular weight excluding hydrogens is 290 g/mol. The molecule has 128 valence electrons. The van der Waals surface area contributed by atoms with Crippen LogP contribution in [0.25, 0.3) is 0 Å². The van der Waals surface area contributed by atoms with Crippen LogP contribution >= 0.6 is 0 Å². The highest BCUT2D eigenvalue weighted by atomic mass is 16.5. The Bertz CT molecular complexity index is 505. The Balaban J connectivity index is 1.76. The highest BCUT2D eigenvalue weighted by Gasteiger charge is 2.21. The van der Waals surface area contributed by atoms with Crippen molar-refractivity contribution in [3.8, 4) is 5.75 Å². The summed E-state index contributed by atoms with van der Waals surface area (Å²) in [5.74, 6) is 0.857. The second-order valence-corrected chi connectivity index (χ2v) is 6.37. The van der Waals surface area contributed by atoms with E-state index in [9.17, 15) is 4.79 Å². The molecule has 23 heavy (non-hydrogen) atoms. The molecule has 1 heterocycles. The molecule has 1 saturated heterocycles. The zero-order valence-corrected chi connectivity index (χ0v) is 14.5. The van der Waals surface area contributed by atoms with E-state index < -0.39 is 0 Å². The number of benzene rings is 1. The van der Waals surface area contributed by atoms with Crippen LogP contribution in [0.1, 0.15) is 24.8 Å². The molecule has 1 N–H and O–H groups in total. The number of ether oxygens (including phenoxy) is 1. The van der Waals surface area contributed by atoms with E-state index in [-0.39, 0.29) is 6.03 Å². The van der Waals surface area contributed by atoms with Crippen molar-refractivity contribution in [2.75, 3.05) is 40.8 Å². The van der Waals surface area contributed by atoms with Crippen LogP contribution in [0.3, 0.4) is 0 Å². The summed E-state index contributed by atoms with van der Waals surface area (Å²) in [5, 5.41) is 3.04. The van der Waals surface area contributed by atoms with Gasteiger partial charge < -0.3 is 19.9 Å². The van der Waals surface area contributed by atoms with Crippen LogP contribution in [-0.4, -0.2) is 62.7 Å². The van der Waals surface area contributed by atoms with Gasteiger partial charge in [-0.1, -0.05) is 12.1 Å². The molecule has 5 nitrogen and oxygen atoms in total. The van der Waals surface area contributed by atoms with Gasteiger partial charge in [0.25, 0.3) is 0 Å². The van der Waals surface area contributed by atoms with Gasteiger partial charge >= 0.3 is 6.03 Å². The maximum atomic E-state index is 12.3. The SMILES string of the molecule is COc1cccc(CCNC(=O)N2CCC[C@H](N(C)C)CC2)c1. The number of amides is 2. The average molecular weight is 319 g/mol. The number of hydrogen-bond donors (Lipinski definition) is 1. The third-order valence-corrected chi connectivity index (χ3v) is 4.54. The van der Waals surface area contributed by atoms with Crippen molar-refractivity contribution in [3.63, 3.8) is 0 Å². The molecule has 2 amide bonds. The molecule has 2 rings (SSSR count). The quantitative estimate of drug-likeness (QED) is 0.906. The number of carbonyl (C=O) groups is 1. The molecule has 0 bridgehead atoms. The number of nitrogens with zero attached hydrogens (tertiary/aromatic N) is 2. The summed E-state index contributed by atoms with van der Waals surface area (Å²) in [6.45, 7) is 2.35. The van der Waals surface area contributed by atoms with Crippen LogP contribution in [0.15, 0.2) is 24.3 Å². The van der Waals surface area contributed by atoms with E-state index >= 15 is 0 Å². The standard InChI is InChI=1S/C18H29N3O2/c1-20(2)16-7-5-12-21(13-10-16)18(22)19-11-9-15-6-4-8-17(14-15)23-3/h4,6,8,14,16H,5,7,9-13H2,1-3H3,(H,19,22)/t16-/m0/s1. The second kappa shape index (κ2) is 8.77. The highest BCUT2D eigenvalue weighted by molar-refractivity contribution is 5.74. The lowest BCUT2D eigenvalue weighted by Crippen LogP contribution is -2.41. The number of hydrogen-bond acceptors (Lipinski definition) is 3. The molecule has 1 fully saturated rings. The molecule has 1 aliphatic heterocycles. The molecule has 1 aromatic carbocycles. The minimum absolute atomic E-state index is 0.0623. The Labute approximate surface area is 139 Å². The first-order valence-electron chi connectivity index (χ1n) is 8.42. The van der Waals surface area contributed by atoms with E-state index in [0.717, 1.165) is 38.1 Å². The largest absolute Gasteiger partial charge is 0.497 e. The lowest BCUT2D eigenvalue weighted by atomic mass is 10.1. The normalized spacial score (nSPS) is 18.6. The first-order chi connectivity index (χ1) is 11.1. The molecule has 1 aromatic rings. The van der Waals surface area contributed by atoms with Crippen molar-refractivity contribution in [3.05, 3.63) is 29.8 Å². The van der Waals surface area contributed by atoms with Crippen molar-refractivity contribution in [1.29, 1.82) is 0 Å². The molecule has 1 atom stereocenters. The van der Waals surface area contributed by atoms with E-state index in [1.54, 1.807) is 7.11 Å². The molecule has 1 aliphatic rings. The van der Waals surface area contributed by atoms with Gasteiger partial charge in [0.15, 0.2) is 0 Å². The third-order valence-electron chi connectivity index (χ3n) is 4.54. The Morgan fingerprint density at radius 3 is 2.91 bits per heavy atom. The summed E-state index contributed by atoms with van der Waals surface area (Å²) in [4.78, 5) is 16.5. The summed E-state index contributed by atoms with van der Waals surface area (Å²) in [6.07, 6.45) is 4.11. The highest BCUT2D eigenvalue weighted by Crippen LogP contribution is 2.15. The van der Waals surface area contributed by atoms with Gasteiger partial charge in [-0.2, -0.15) is 0 Å². The van der Waals surface area contributed by atoms with Crippen molar-refractivity contribution < 1.29 is 9.53 Å². The summed E-state index contributed by atoms with van der Waals surface area (Å²) in [6, 6.07) is 8.63. The van der Waals surface area contributed by atoms with Crippen LogP contribution in [0.2, 0.25) is 0 Å². The Morgan fingerprint density at radius 1 is 1.35 bits per heavy atom. The van der Waals surface area contributed by atoms with E-state index in [1.165, 1.54) is 12.0 Å². The van der Waals surface area contributed by atoms with Gasteiger partial charge in [0, 0.05) is 25.7 Å². The van der Waals surface area contributed by atoms with Crippen molar-refractivity contribution in [1.82, 2.24) is 15.1 Å². The summed E-state index contributed by atoms with van der Waals surface area (Å²) >= 11 is 0. The molecule has 0 spiro atoms. The predicted octanol–water partition coefficient (Wildman–Crippen LogP) is 2.36. The zero-order chi connectivity index (χ0) is 16.7. The van der Waals surface area contributed by atoms with Gasteiger partial charge in [-0.25, -0.2) is 4.79 Å². The van der Waals surface area contributed by atoms with Crippen molar-refractivity contribution in [2.24, 2.45) is 0 Å². The number of rotatable bonds is 5. The lowest BCUT2D eigenvalue weighted by molar-refractivity contribution is 0.197. The third kappa shape index (κ3) is 5.43. The van der Waals surface area contributed by atoms with E-state index in [1.807, 2.05) is 23.1 Å². The predicted molar refractivity (Wildman–Crippen MR) is 93.0 cm³/mol. The van der Waals surface area contributed by atoms with Crippen LogP contribution in [0.5, 0.6) is 5.75 Å². The molecule has 0 radical (unpaired) electrons. The summed E-state index contributed by atoms with van der Waals surface area (Å²) < 4.78 is 5.22. The van der Waals surface area contributed by atoms with E-state index in [4.69, 9.17) is 4.74 Å². The maximum absolute atomic E-state index is 12.3. The molecular formula is C18H29N3O2. The molecule has 0 unspecified atom stereocenters. The number of methoxy groups -OCH3 is 1. The smallest absolute Gasteiger partial charge is 0.317 e. The monoisotopic (exact) mass is 319 g/mol. The first kappa shape index (κ1) is 17.6. The minimum atomic E-state index is 0.0623. The van der Waals surface area contributed by atoms with Crippen LogP contribution in [0, 0.1) is 0 Å². The zero-order valence-electron chi connectivity index (χ0n) is 14.5. The fraction of sp³-hybridized carbons (Fsp3) is 0.611. The Kier molecular flexibility index (Phi) is 6.71. The van der Waals surface area contributed by atoms with E-state index in [0.29, 0.717) is 12.6 Å². The van der Waals surface area contributed by atoms with Gasteiger partial charge in [0.2, 0.25) is 0 Å². The minimum Gasteiger partial charge on any atom is -0.497 e.